The number of ether oxygens (including phenoxy) is 1. The van der Waals surface area contributed by atoms with Crippen LogP contribution < -0.4 is 5.32 Å². The Hall–Kier alpha value is -0.860. The Balaban J connectivity index is 2.29. The van der Waals surface area contributed by atoms with E-state index in [9.17, 15) is 0 Å². The lowest BCUT2D eigenvalue weighted by atomic mass is 9.82. The molecule has 0 aliphatic carbocycles. The molecule has 1 fully saturated rings. The lowest BCUT2D eigenvalue weighted by Gasteiger charge is -2.33. The van der Waals surface area contributed by atoms with Gasteiger partial charge in [0, 0.05) is 19.3 Å². The Labute approximate surface area is 123 Å². The molecule has 1 aromatic rings. The molecule has 20 heavy (non-hydrogen) atoms. The average molecular weight is 275 g/mol. The van der Waals surface area contributed by atoms with Gasteiger partial charge >= 0.3 is 0 Å². The third-order valence-electron chi connectivity index (χ3n) is 4.40. The van der Waals surface area contributed by atoms with E-state index in [2.05, 4.69) is 45.1 Å². The van der Waals surface area contributed by atoms with Crippen molar-refractivity contribution in [2.24, 2.45) is 5.92 Å². The molecule has 0 bridgehead atoms. The van der Waals surface area contributed by atoms with Crippen LogP contribution >= 0.6 is 0 Å². The smallest absolute Gasteiger partial charge is 0.0469 e. The van der Waals surface area contributed by atoms with Gasteiger partial charge in [-0.15, -0.1) is 0 Å². The highest BCUT2D eigenvalue weighted by Gasteiger charge is 2.27. The molecule has 1 aromatic carbocycles. The van der Waals surface area contributed by atoms with Gasteiger partial charge in [0.2, 0.25) is 0 Å². The van der Waals surface area contributed by atoms with Crippen LogP contribution in [0.25, 0.3) is 0 Å². The van der Waals surface area contributed by atoms with Crippen LogP contribution in [0.2, 0.25) is 0 Å². The molecule has 0 aromatic heterocycles. The summed E-state index contributed by atoms with van der Waals surface area (Å²) in [5.41, 5.74) is 5.76. The highest BCUT2D eigenvalue weighted by Crippen LogP contribution is 2.34. The topological polar surface area (TPSA) is 21.3 Å². The maximum Gasteiger partial charge on any atom is 0.0469 e. The van der Waals surface area contributed by atoms with Crippen LogP contribution in [0.4, 0.5) is 0 Å². The summed E-state index contributed by atoms with van der Waals surface area (Å²) in [5, 5.41) is 3.80. The van der Waals surface area contributed by atoms with Gasteiger partial charge in [-0.05, 0) is 69.2 Å². The van der Waals surface area contributed by atoms with Crippen LogP contribution in [-0.2, 0) is 4.74 Å². The van der Waals surface area contributed by atoms with E-state index in [1.54, 1.807) is 0 Å². The average Bonchev–Trinajstić information content (AvgIpc) is 2.42. The minimum Gasteiger partial charge on any atom is -0.381 e. The van der Waals surface area contributed by atoms with Crippen molar-refractivity contribution in [1.82, 2.24) is 5.32 Å². The number of rotatable bonds is 5. The Morgan fingerprint density at radius 2 is 1.75 bits per heavy atom. The van der Waals surface area contributed by atoms with Crippen molar-refractivity contribution in [3.63, 3.8) is 0 Å². The van der Waals surface area contributed by atoms with Gasteiger partial charge < -0.3 is 10.1 Å². The van der Waals surface area contributed by atoms with Crippen molar-refractivity contribution < 1.29 is 4.74 Å². The van der Waals surface area contributed by atoms with Gasteiger partial charge in [-0.25, -0.2) is 0 Å². The fourth-order valence-electron chi connectivity index (χ4n) is 3.54. The van der Waals surface area contributed by atoms with E-state index in [0.29, 0.717) is 12.0 Å². The van der Waals surface area contributed by atoms with E-state index in [0.717, 1.165) is 19.8 Å². The number of aryl methyl sites for hydroxylation is 3. The molecular weight excluding hydrogens is 246 g/mol. The third kappa shape index (κ3) is 3.62. The summed E-state index contributed by atoms with van der Waals surface area (Å²) in [6.45, 7) is 11.9. The molecule has 1 N–H and O–H groups in total. The molecule has 112 valence electrons. The van der Waals surface area contributed by atoms with Crippen molar-refractivity contribution in [1.29, 1.82) is 0 Å². The lowest BCUT2D eigenvalue weighted by Crippen LogP contribution is -2.33. The molecule has 2 rings (SSSR count). The molecule has 1 aliphatic rings. The summed E-state index contributed by atoms with van der Waals surface area (Å²) >= 11 is 0. The minimum atomic E-state index is 0.486. The second-order valence-electron chi connectivity index (χ2n) is 6.19. The molecule has 0 saturated carbocycles. The number of hydrogen-bond acceptors (Lipinski definition) is 2. The summed E-state index contributed by atoms with van der Waals surface area (Å²) in [4.78, 5) is 0. The van der Waals surface area contributed by atoms with Crippen LogP contribution in [-0.4, -0.2) is 19.8 Å². The predicted molar refractivity (Wildman–Crippen MR) is 85.2 cm³/mol. The van der Waals surface area contributed by atoms with Crippen molar-refractivity contribution in [3.05, 3.63) is 34.4 Å². The largest absolute Gasteiger partial charge is 0.381 e. The van der Waals surface area contributed by atoms with E-state index in [1.165, 1.54) is 41.5 Å². The van der Waals surface area contributed by atoms with Gasteiger partial charge in [-0.1, -0.05) is 24.6 Å². The highest BCUT2D eigenvalue weighted by molar-refractivity contribution is 5.40. The number of nitrogens with one attached hydrogen (secondary N) is 1. The molecule has 1 heterocycles. The van der Waals surface area contributed by atoms with Gasteiger partial charge in [0.1, 0.15) is 0 Å². The quantitative estimate of drug-likeness (QED) is 0.874. The van der Waals surface area contributed by atoms with Crippen LogP contribution in [0.15, 0.2) is 12.1 Å². The fraction of sp³-hybridized carbons (Fsp3) is 0.667. The molecule has 0 radical (unpaired) electrons. The van der Waals surface area contributed by atoms with Crippen molar-refractivity contribution in [3.8, 4) is 0 Å². The van der Waals surface area contributed by atoms with Crippen molar-refractivity contribution in [2.45, 2.75) is 53.0 Å². The first kappa shape index (κ1) is 15.5. The number of benzene rings is 1. The van der Waals surface area contributed by atoms with E-state index in [1.807, 2.05) is 0 Å². The molecule has 0 amide bonds. The van der Waals surface area contributed by atoms with E-state index >= 15 is 0 Å². The monoisotopic (exact) mass is 275 g/mol. The van der Waals surface area contributed by atoms with Crippen LogP contribution in [0.5, 0.6) is 0 Å². The molecule has 1 aliphatic heterocycles. The Morgan fingerprint density at radius 1 is 1.15 bits per heavy atom. The molecule has 1 unspecified atom stereocenters. The van der Waals surface area contributed by atoms with Crippen LogP contribution in [0.1, 0.15) is 54.5 Å². The molecular formula is C18H29NO. The molecule has 1 atom stereocenters. The van der Waals surface area contributed by atoms with E-state index < -0.39 is 0 Å². The van der Waals surface area contributed by atoms with E-state index in [-0.39, 0.29) is 0 Å². The van der Waals surface area contributed by atoms with Crippen LogP contribution in [0, 0.1) is 26.7 Å². The summed E-state index contributed by atoms with van der Waals surface area (Å²) in [6, 6.07) is 5.13. The molecule has 2 heteroatoms. The molecule has 2 nitrogen and oxygen atoms in total. The third-order valence-corrected chi connectivity index (χ3v) is 4.40. The zero-order chi connectivity index (χ0) is 14.5. The Kier molecular flexibility index (Phi) is 5.62. The van der Waals surface area contributed by atoms with Gasteiger partial charge in [-0.3, -0.25) is 0 Å². The minimum absolute atomic E-state index is 0.486. The molecule has 0 spiro atoms. The second-order valence-corrected chi connectivity index (χ2v) is 6.19. The first-order valence-corrected chi connectivity index (χ1v) is 8.02. The summed E-state index contributed by atoms with van der Waals surface area (Å²) in [6.07, 6.45) is 3.53. The van der Waals surface area contributed by atoms with Gasteiger partial charge in [0.15, 0.2) is 0 Å². The normalized spacial score (nSPS) is 18.2. The predicted octanol–water partition coefficient (Wildman–Crippen LogP) is 4.08. The summed E-state index contributed by atoms with van der Waals surface area (Å²) in [5.74, 6) is 0.704. The first-order valence-electron chi connectivity index (χ1n) is 8.02. The number of hydrogen-bond donors (Lipinski definition) is 1. The van der Waals surface area contributed by atoms with Gasteiger partial charge in [0.05, 0.1) is 0 Å². The standard InChI is InChI=1S/C18H29NO/c1-5-8-19-18(16-6-9-20-10-7-16)17-14(3)11-13(2)12-15(17)4/h11-12,16,18-19H,5-10H2,1-4H3. The summed E-state index contributed by atoms with van der Waals surface area (Å²) < 4.78 is 5.54. The van der Waals surface area contributed by atoms with Crippen LogP contribution in [0.3, 0.4) is 0 Å². The highest BCUT2D eigenvalue weighted by atomic mass is 16.5. The summed E-state index contributed by atoms with van der Waals surface area (Å²) in [7, 11) is 0. The maximum atomic E-state index is 5.54. The first-order chi connectivity index (χ1) is 9.63. The SMILES string of the molecule is CCCNC(c1c(C)cc(C)cc1C)C1CCOCC1. The zero-order valence-corrected chi connectivity index (χ0v) is 13.5. The lowest BCUT2D eigenvalue weighted by molar-refractivity contribution is 0.0534. The van der Waals surface area contributed by atoms with E-state index in [4.69, 9.17) is 4.74 Å². The second kappa shape index (κ2) is 7.24. The Morgan fingerprint density at radius 3 is 2.30 bits per heavy atom. The maximum absolute atomic E-state index is 5.54. The van der Waals surface area contributed by atoms with Crippen molar-refractivity contribution in [2.75, 3.05) is 19.8 Å². The van der Waals surface area contributed by atoms with Crippen molar-refractivity contribution >= 4 is 0 Å². The van der Waals surface area contributed by atoms with Gasteiger partial charge in [0.25, 0.3) is 0 Å². The van der Waals surface area contributed by atoms with Gasteiger partial charge in [-0.2, -0.15) is 0 Å². The fourth-order valence-corrected chi connectivity index (χ4v) is 3.54. The molecule has 1 saturated heterocycles. The zero-order valence-electron chi connectivity index (χ0n) is 13.5. The Bertz CT molecular complexity index is 412.